The van der Waals surface area contributed by atoms with Crippen molar-refractivity contribution in [2.24, 2.45) is 5.92 Å². The van der Waals surface area contributed by atoms with Crippen molar-refractivity contribution < 1.29 is 119 Å². The number of ether oxygens (including phenoxy) is 5. The standard InChI is InChI=1S/C22H38O18.Na/c1-6-7(25)2-22(21(34)35,40-17(6)11(27)8(26)3-23)36-5-10-12(28)13(29)16(32)20(38-10)39-18-9(4-24)37-19(33)15(31)14(18)30;/h6-20,23-33H,2-5H2,1H3,(H,34,35);/q;+1/p-1/t6-,7-,8-,9?,10?,11-,12+,13+,14-,15?,16?,17?,18-,19?,20+,22-;/m1./s1. The van der Waals surface area contributed by atoms with Crippen molar-refractivity contribution in [3.05, 3.63) is 0 Å². The first-order chi connectivity index (χ1) is 18.7. The predicted molar refractivity (Wildman–Crippen MR) is 119 cm³/mol. The molecule has 6 unspecified atom stereocenters. The Labute approximate surface area is 255 Å². The molecule has 3 aliphatic heterocycles. The minimum Gasteiger partial charge on any atom is -0.544 e. The van der Waals surface area contributed by atoms with E-state index in [-0.39, 0.29) is 29.6 Å². The number of rotatable bonds is 10. The van der Waals surface area contributed by atoms with Crippen molar-refractivity contribution in [3.8, 4) is 0 Å². The molecule has 19 heteroatoms. The van der Waals surface area contributed by atoms with E-state index in [4.69, 9.17) is 28.8 Å². The Bertz CT molecular complexity index is 838. The average Bonchev–Trinajstić information content (AvgIpc) is 2.93. The summed E-state index contributed by atoms with van der Waals surface area (Å²) >= 11 is 0. The van der Waals surface area contributed by atoms with E-state index in [0.717, 1.165) is 0 Å². The van der Waals surface area contributed by atoms with Gasteiger partial charge in [-0.2, -0.15) is 0 Å². The maximum absolute atomic E-state index is 12.1. The molecule has 3 fully saturated rings. The molecule has 0 saturated carbocycles. The van der Waals surface area contributed by atoms with Gasteiger partial charge < -0.3 is 89.8 Å². The zero-order valence-electron chi connectivity index (χ0n) is 22.3. The molecule has 3 aliphatic rings. The second-order valence-corrected chi connectivity index (χ2v) is 10.1. The number of aliphatic hydroxyl groups excluding tert-OH is 11. The van der Waals surface area contributed by atoms with Crippen LogP contribution in [0.4, 0.5) is 0 Å². The molecule has 41 heavy (non-hydrogen) atoms. The van der Waals surface area contributed by atoms with Crippen LogP contribution in [0.3, 0.4) is 0 Å². The van der Waals surface area contributed by atoms with Gasteiger partial charge in [-0.25, -0.2) is 0 Å². The van der Waals surface area contributed by atoms with Crippen molar-refractivity contribution in [1.82, 2.24) is 0 Å². The molecule has 3 saturated heterocycles. The van der Waals surface area contributed by atoms with Gasteiger partial charge in [0.05, 0.1) is 32.0 Å². The maximum atomic E-state index is 12.1. The van der Waals surface area contributed by atoms with E-state index in [0.29, 0.717) is 0 Å². The molecule has 18 nitrogen and oxygen atoms in total. The number of carbonyl (C=O) groups excluding carboxylic acids is 1. The minimum absolute atomic E-state index is 0. The van der Waals surface area contributed by atoms with Crippen LogP contribution < -0.4 is 34.7 Å². The van der Waals surface area contributed by atoms with Gasteiger partial charge in [-0.1, -0.05) is 6.92 Å². The van der Waals surface area contributed by atoms with E-state index >= 15 is 0 Å². The Hall–Kier alpha value is -0.170. The first-order valence-electron chi connectivity index (χ1n) is 12.5. The second-order valence-electron chi connectivity index (χ2n) is 10.1. The number of aliphatic carboxylic acids is 1. The predicted octanol–water partition coefficient (Wildman–Crippen LogP) is -11.4. The Morgan fingerprint density at radius 3 is 2.15 bits per heavy atom. The van der Waals surface area contributed by atoms with Crippen molar-refractivity contribution in [3.63, 3.8) is 0 Å². The van der Waals surface area contributed by atoms with Crippen molar-refractivity contribution in [2.75, 3.05) is 19.8 Å². The molecule has 3 heterocycles. The topological polar surface area (TPSA) is 309 Å². The fraction of sp³-hybridized carbons (Fsp3) is 0.955. The summed E-state index contributed by atoms with van der Waals surface area (Å²) in [6.07, 6.45) is -25.6. The summed E-state index contributed by atoms with van der Waals surface area (Å²) in [7, 11) is 0. The Balaban J connectivity index is 0.00000588. The van der Waals surface area contributed by atoms with E-state index in [1.54, 1.807) is 0 Å². The number of aliphatic hydroxyl groups is 11. The Morgan fingerprint density at radius 1 is 0.951 bits per heavy atom. The van der Waals surface area contributed by atoms with Gasteiger partial charge in [-0.05, 0) is 0 Å². The third-order valence-electron chi connectivity index (χ3n) is 7.44. The van der Waals surface area contributed by atoms with E-state index in [1.807, 2.05) is 0 Å². The van der Waals surface area contributed by atoms with Crippen LogP contribution in [-0.4, -0.2) is 174 Å². The summed E-state index contributed by atoms with van der Waals surface area (Å²) in [6, 6.07) is 0. The van der Waals surface area contributed by atoms with Gasteiger partial charge in [0, 0.05) is 12.3 Å². The number of hydrogen-bond acceptors (Lipinski definition) is 18. The van der Waals surface area contributed by atoms with E-state index in [9.17, 15) is 61.0 Å². The largest absolute Gasteiger partial charge is 1.00 e. The zero-order chi connectivity index (χ0) is 30.1. The maximum Gasteiger partial charge on any atom is 1.00 e. The first kappa shape index (κ1) is 37.0. The Kier molecular flexibility index (Phi) is 13.7. The number of carbonyl (C=O) groups is 1. The van der Waals surface area contributed by atoms with E-state index in [1.165, 1.54) is 6.92 Å². The molecule has 3 rings (SSSR count). The van der Waals surface area contributed by atoms with Crippen molar-refractivity contribution in [1.29, 1.82) is 0 Å². The SMILES string of the molecule is C[C@H]1C([C@H](O)[C@H](O)CO)O[C@@](OCC2O[C@@H](O[C@@H]3C(CO)OC(O)C(O)[C@H]3O)C(O)[C@@H](O)[C@H]2O)(C(=O)[O-])C[C@H]1O.[Na+]. The van der Waals surface area contributed by atoms with Gasteiger partial charge in [0.2, 0.25) is 5.79 Å². The van der Waals surface area contributed by atoms with Crippen LogP contribution in [-0.2, 0) is 28.5 Å². The number of carboxylic acids is 1. The number of hydrogen-bond donors (Lipinski definition) is 11. The van der Waals surface area contributed by atoms with Crippen molar-refractivity contribution >= 4 is 5.97 Å². The van der Waals surface area contributed by atoms with Gasteiger partial charge in [0.1, 0.15) is 67.0 Å². The fourth-order valence-corrected chi connectivity index (χ4v) is 4.82. The monoisotopic (exact) mass is 612 g/mol. The molecule has 0 aromatic heterocycles. The van der Waals surface area contributed by atoms with E-state index in [2.05, 4.69) is 0 Å². The summed E-state index contributed by atoms with van der Waals surface area (Å²) in [5, 5.41) is 122. The molecule has 0 radical (unpaired) electrons. The molecule has 11 N–H and O–H groups in total. The van der Waals surface area contributed by atoms with Gasteiger partial charge in [-0.15, -0.1) is 0 Å². The molecule has 0 aliphatic carbocycles. The number of carboxylic acid groups (broad SMARTS) is 1. The molecule has 0 bridgehead atoms. The van der Waals surface area contributed by atoms with Crippen LogP contribution in [0.1, 0.15) is 13.3 Å². The molecule has 16 atom stereocenters. The van der Waals surface area contributed by atoms with Gasteiger partial charge >= 0.3 is 29.6 Å². The van der Waals surface area contributed by atoms with E-state index < -0.39 is 130 Å². The van der Waals surface area contributed by atoms with Crippen LogP contribution in [0.2, 0.25) is 0 Å². The Morgan fingerprint density at radius 2 is 1.59 bits per heavy atom. The average molecular weight is 613 g/mol. The second kappa shape index (κ2) is 15.2. The van der Waals surface area contributed by atoms with Gasteiger partial charge in [0.15, 0.2) is 12.6 Å². The first-order valence-corrected chi connectivity index (χ1v) is 12.5. The molecular formula is C22H37NaO18. The fourth-order valence-electron chi connectivity index (χ4n) is 4.82. The molecule has 0 amide bonds. The molecule has 0 aromatic rings. The molecule has 234 valence electrons. The molecular weight excluding hydrogens is 575 g/mol. The summed E-state index contributed by atoms with van der Waals surface area (Å²) < 4.78 is 26.6. The molecule has 0 aromatic carbocycles. The summed E-state index contributed by atoms with van der Waals surface area (Å²) in [5.41, 5.74) is 0. The van der Waals surface area contributed by atoms with Gasteiger partial charge in [0.25, 0.3) is 0 Å². The third kappa shape index (κ3) is 7.74. The van der Waals surface area contributed by atoms with Gasteiger partial charge in [-0.3, -0.25) is 0 Å². The van der Waals surface area contributed by atoms with Crippen LogP contribution in [0.5, 0.6) is 0 Å². The van der Waals surface area contributed by atoms with Crippen LogP contribution in [0, 0.1) is 5.92 Å². The molecule has 0 spiro atoms. The third-order valence-corrected chi connectivity index (χ3v) is 7.44. The zero-order valence-corrected chi connectivity index (χ0v) is 24.3. The normalized spacial score (nSPS) is 46.8. The summed E-state index contributed by atoms with van der Waals surface area (Å²) in [4.78, 5) is 12.1. The summed E-state index contributed by atoms with van der Waals surface area (Å²) in [5.74, 6) is -5.74. The smallest absolute Gasteiger partial charge is 0.544 e. The quantitative estimate of drug-likeness (QED) is 0.102. The summed E-state index contributed by atoms with van der Waals surface area (Å²) in [6.45, 7) is -1.27. The van der Waals surface area contributed by atoms with Crippen LogP contribution >= 0.6 is 0 Å². The van der Waals surface area contributed by atoms with Crippen LogP contribution in [0.25, 0.3) is 0 Å². The van der Waals surface area contributed by atoms with Crippen molar-refractivity contribution in [2.45, 2.75) is 105 Å². The minimum atomic E-state index is -2.77. The van der Waals surface area contributed by atoms with Crippen LogP contribution in [0.15, 0.2) is 0 Å².